The van der Waals surface area contributed by atoms with Crippen LogP contribution in [0.5, 0.6) is 0 Å². The first-order valence-corrected chi connectivity index (χ1v) is 7.98. The van der Waals surface area contributed by atoms with Crippen LogP contribution in [0.2, 0.25) is 0 Å². The normalized spacial score (nSPS) is 15.6. The Kier molecular flexibility index (Phi) is 3.41. The van der Waals surface area contributed by atoms with Crippen molar-refractivity contribution in [1.82, 2.24) is 0 Å². The lowest BCUT2D eigenvalue weighted by atomic mass is 10.0. The minimum absolute atomic E-state index is 0.369. The van der Waals surface area contributed by atoms with E-state index in [1.165, 1.54) is 5.56 Å². The molecular formula is C14H21NO2S. The summed E-state index contributed by atoms with van der Waals surface area (Å²) in [6.07, 6.45) is 0.819. The maximum Gasteiger partial charge on any atom is 0.237 e. The molecule has 0 unspecified atom stereocenters. The third-order valence-electron chi connectivity index (χ3n) is 3.53. The molecule has 0 radical (unpaired) electrons. The molecule has 1 aliphatic heterocycles. The molecule has 1 heterocycles. The largest absolute Gasteiger partial charge is 0.269 e. The summed E-state index contributed by atoms with van der Waals surface area (Å²) in [7, 11) is -3.20. The van der Waals surface area contributed by atoms with Gasteiger partial charge in [0.25, 0.3) is 0 Å². The summed E-state index contributed by atoms with van der Waals surface area (Å²) in [5.74, 6) is 0.416. The van der Waals surface area contributed by atoms with E-state index in [1.807, 2.05) is 6.07 Å². The van der Waals surface area contributed by atoms with Crippen LogP contribution in [-0.2, 0) is 16.4 Å². The van der Waals surface area contributed by atoms with Gasteiger partial charge < -0.3 is 0 Å². The molecule has 0 N–H and O–H groups in total. The van der Waals surface area contributed by atoms with E-state index >= 15 is 0 Å². The zero-order valence-electron chi connectivity index (χ0n) is 11.5. The lowest BCUT2D eigenvalue weighted by Gasteiger charge is -2.22. The molecule has 1 aromatic rings. The first-order valence-electron chi connectivity index (χ1n) is 6.48. The van der Waals surface area contributed by atoms with Crippen molar-refractivity contribution < 1.29 is 8.42 Å². The van der Waals surface area contributed by atoms with Crippen LogP contribution in [0.25, 0.3) is 0 Å². The van der Waals surface area contributed by atoms with Crippen molar-refractivity contribution >= 4 is 15.7 Å². The molecule has 100 valence electrons. The van der Waals surface area contributed by atoms with Gasteiger partial charge in [-0.3, -0.25) is 4.31 Å². The van der Waals surface area contributed by atoms with Gasteiger partial charge in [0.15, 0.2) is 0 Å². The fraction of sp³-hybridized carbons (Fsp3) is 0.571. The molecular weight excluding hydrogens is 246 g/mol. The second-order valence-corrected chi connectivity index (χ2v) is 7.87. The van der Waals surface area contributed by atoms with Crippen molar-refractivity contribution in [3.05, 3.63) is 29.3 Å². The smallest absolute Gasteiger partial charge is 0.237 e. The molecule has 1 aromatic carbocycles. The van der Waals surface area contributed by atoms with Gasteiger partial charge in [-0.2, -0.15) is 0 Å². The van der Waals surface area contributed by atoms with Gasteiger partial charge in [0.1, 0.15) is 0 Å². The molecule has 0 saturated heterocycles. The van der Waals surface area contributed by atoms with Gasteiger partial charge in [-0.15, -0.1) is 0 Å². The minimum atomic E-state index is -3.20. The average molecular weight is 267 g/mol. The second kappa shape index (κ2) is 4.57. The Bertz CT molecular complexity index is 547. The number of sulfonamides is 1. The molecule has 1 aliphatic rings. The topological polar surface area (TPSA) is 37.4 Å². The molecule has 0 bridgehead atoms. The number of anilines is 1. The van der Waals surface area contributed by atoms with E-state index in [-0.39, 0.29) is 5.25 Å². The van der Waals surface area contributed by atoms with Crippen molar-refractivity contribution in [3.8, 4) is 0 Å². The highest BCUT2D eigenvalue weighted by atomic mass is 32.2. The number of benzene rings is 1. The fourth-order valence-electron chi connectivity index (χ4n) is 2.24. The average Bonchev–Trinajstić information content (AvgIpc) is 2.71. The Morgan fingerprint density at radius 2 is 1.83 bits per heavy atom. The molecule has 4 heteroatoms. The van der Waals surface area contributed by atoms with E-state index in [9.17, 15) is 8.42 Å². The molecule has 0 saturated carbocycles. The van der Waals surface area contributed by atoms with Crippen LogP contribution in [0.15, 0.2) is 18.2 Å². The summed E-state index contributed by atoms with van der Waals surface area (Å²) >= 11 is 0. The number of hydrogen-bond donors (Lipinski definition) is 0. The van der Waals surface area contributed by atoms with Crippen molar-refractivity contribution in [2.75, 3.05) is 10.8 Å². The first kappa shape index (κ1) is 13.4. The summed E-state index contributed by atoms with van der Waals surface area (Å²) in [5, 5.41) is -0.369. The van der Waals surface area contributed by atoms with Gasteiger partial charge in [-0.25, -0.2) is 8.42 Å². The van der Waals surface area contributed by atoms with Crippen molar-refractivity contribution in [3.63, 3.8) is 0 Å². The van der Waals surface area contributed by atoms with E-state index in [1.54, 1.807) is 18.2 Å². The highest BCUT2D eigenvalue weighted by molar-refractivity contribution is 7.93. The van der Waals surface area contributed by atoms with Gasteiger partial charge in [-0.05, 0) is 43.4 Å². The Hall–Kier alpha value is -1.03. The molecule has 18 heavy (non-hydrogen) atoms. The molecule has 0 fully saturated rings. The summed E-state index contributed by atoms with van der Waals surface area (Å²) < 4.78 is 26.2. The van der Waals surface area contributed by atoms with E-state index < -0.39 is 10.0 Å². The molecule has 2 rings (SSSR count). The van der Waals surface area contributed by atoms with E-state index in [4.69, 9.17) is 0 Å². The number of nitrogens with zero attached hydrogens (tertiary/aromatic N) is 1. The monoisotopic (exact) mass is 267 g/mol. The maximum absolute atomic E-state index is 12.3. The number of fused-ring (bicyclic) bond motifs is 1. The van der Waals surface area contributed by atoms with Crippen molar-refractivity contribution in [1.29, 1.82) is 0 Å². The lowest BCUT2D eigenvalue weighted by Crippen LogP contribution is -2.35. The van der Waals surface area contributed by atoms with Crippen LogP contribution in [0.3, 0.4) is 0 Å². The van der Waals surface area contributed by atoms with Crippen LogP contribution in [-0.4, -0.2) is 20.2 Å². The summed E-state index contributed by atoms with van der Waals surface area (Å²) in [6, 6.07) is 6.21. The van der Waals surface area contributed by atoms with Gasteiger partial charge >= 0.3 is 0 Å². The minimum Gasteiger partial charge on any atom is -0.269 e. The van der Waals surface area contributed by atoms with E-state index in [2.05, 4.69) is 26.0 Å². The predicted molar refractivity (Wildman–Crippen MR) is 75.6 cm³/mol. The Morgan fingerprint density at radius 1 is 1.17 bits per heavy atom. The second-order valence-electron chi connectivity index (χ2n) is 5.46. The van der Waals surface area contributed by atoms with Crippen LogP contribution >= 0.6 is 0 Å². The highest BCUT2D eigenvalue weighted by Gasteiger charge is 2.31. The third kappa shape index (κ3) is 2.14. The molecule has 0 aromatic heterocycles. The Labute approximate surface area is 110 Å². The molecule has 0 spiro atoms. The van der Waals surface area contributed by atoms with Crippen LogP contribution < -0.4 is 4.31 Å². The van der Waals surface area contributed by atoms with Gasteiger partial charge in [-0.1, -0.05) is 26.0 Å². The van der Waals surface area contributed by atoms with Crippen LogP contribution in [0, 0.1) is 0 Å². The molecule has 0 amide bonds. The van der Waals surface area contributed by atoms with E-state index in [0.717, 1.165) is 17.7 Å². The van der Waals surface area contributed by atoms with Crippen molar-refractivity contribution in [2.45, 2.75) is 45.3 Å². The molecule has 0 aliphatic carbocycles. The standard InChI is InChI=1S/C14H21NO2S/c1-10(2)13-6-5-12-7-8-15(14(12)9-13)18(16,17)11(3)4/h5-6,9-11H,7-8H2,1-4H3. The van der Waals surface area contributed by atoms with Crippen molar-refractivity contribution in [2.24, 2.45) is 0 Å². The predicted octanol–water partition coefficient (Wildman–Crippen LogP) is 2.91. The summed E-state index contributed by atoms with van der Waals surface area (Å²) in [4.78, 5) is 0. The Balaban J connectivity index is 2.47. The fourth-order valence-corrected chi connectivity index (χ4v) is 3.54. The van der Waals surface area contributed by atoms with Crippen LogP contribution in [0.4, 0.5) is 5.69 Å². The first-order chi connectivity index (χ1) is 8.34. The van der Waals surface area contributed by atoms with Gasteiger partial charge in [0.2, 0.25) is 10.0 Å². The highest BCUT2D eigenvalue weighted by Crippen LogP contribution is 2.34. The lowest BCUT2D eigenvalue weighted by molar-refractivity contribution is 0.583. The third-order valence-corrected chi connectivity index (χ3v) is 5.72. The molecule has 0 atom stereocenters. The Morgan fingerprint density at radius 3 is 2.39 bits per heavy atom. The van der Waals surface area contributed by atoms with E-state index in [0.29, 0.717) is 12.5 Å². The summed E-state index contributed by atoms with van der Waals surface area (Å²) in [6.45, 7) is 8.30. The number of hydrogen-bond acceptors (Lipinski definition) is 2. The summed E-state index contributed by atoms with van der Waals surface area (Å²) in [5.41, 5.74) is 3.22. The van der Waals surface area contributed by atoms with Gasteiger partial charge in [0.05, 0.1) is 10.9 Å². The zero-order valence-corrected chi connectivity index (χ0v) is 12.3. The maximum atomic E-state index is 12.3. The SMILES string of the molecule is CC(C)c1ccc2c(c1)N(S(=O)(=O)C(C)C)CC2. The van der Waals surface area contributed by atoms with Crippen LogP contribution in [0.1, 0.15) is 44.7 Å². The quantitative estimate of drug-likeness (QED) is 0.844. The molecule has 3 nitrogen and oxygen atoms in total. The van der Waals surface area contributed by atoms with Gasteiger partial charge in [0, 0.05) is 6.54 Å². The number of rotatable bonds is 3. The zero-order chi connectivity index (χ0) is 13.5.